The predicted octanol–water partition coefficient (Wildman–Crippen LogP) is 2.29. The summed E-state index contributed by atoms with van der Waals surface area (Å²) < 4.78 is 6.59. The monoisotopic (exact) mass is 294 g/mol. The van der Waals surface area contributed by atoms with Crippen LogP contribution in [0.1, 0.15) is 0 Å². The molecule has 0 atom stereocenters. The lowest BCUT2D eigenvalue weighted by atomic mass is 10.7. The fourth-order valence-electron chi connectivity index (χ4n) is 0.627. The number of aromatic nitrogens is 2. The van der Waals surface area contributed by atoms with Gasteiger partial charge in [0.1, 0.15) is 0 Å². The van der Waals surface area contributed by atoms with Gasteiger partial charge < -0.3 is 4.43 Å². The summed E-state index contributed by atoms with van der Waals surface area (Å²) in [6.07, 6.45) is 3.51. The molecule has 0 N–H and O–H groups in total. The van der Waals surface area contributed by atoms with E-state index in [1.807, 2.05) is 0 Å². The van der Waals surface area contributed by atoms with E-state index in [-0.39, 0.29) is 0 Å². The molecule has 1 aromatic rings. The van der Waals surface area contributed by atoms with Crippen LogP contribution in [-0.2, 0) is 0 Å². The molecule has 5 heteroatoms. The first-order valence-electron chi connectivity index (χ1n) is 3.64. The van der Waals surface area contributed by atoms with Crippen molar-refractivity contribution in [3.8, 4) is 6.01 Å². The number of nitrogens with zero attached hydrogens (tertiary/aromatic N) is 2. The number of halogens is 1. The Morgan fingerprint density at radius 3 is 2.17 bits per heavy atom. The van der Waals surface area contributed by atoms with Crippen molar-refractivity contribution in [2.75, 3.05) is 0 Å². The van der Waals surface area contributed by atoms with Crippen LogP contribution in [0.15, 0.2) is 12.4 Å². The van der Waals surface area contributed by atoms with Crippen LogP contribution in [0, 0.1) is 3.57 Å². The molecule has 1 heterocycles. The molecule has 0 spiro atoms. The number of hydrogen-bond acceptors (Lipinski definition) is 3. The Morgan fingerprint density at radius 2 is 1.75 bits per heavy atom. The first kappa shape index (κ1) is 9.91. The minimum Gasteiger partial charge on any atom is -0.518 e. The van der Waals surface area contributed by atoms with E-state index in [1.54, 1.807) is 12.4 Å². The molecule has 0 fully saturated rings. The molecule has 0 aromatic carbocycles. The molecular weight excluding hydrogens is 283 g/mol. The maximum absolute atomic E-state index is 5.57. The first-order valence-corrected chi connectivity index (χ1v) is 8.13. The molecule has 1 rings (SSSR count). The second-order valence-electron chi connectivity index (χ2n) is 3.40. The van der Waals surface area contributed by atoms with Gasteiger partial charge in [-0.15, -0.1) is 0 Å². The molecule has 0 amide bonds. The highest BCUT2D eigenvalue weighted by Crippen LogP contribution is 2.10. The Balaban J connectivity index is 2.71. The van der Waals surface area contributed by atoms with Gasteiger partial charge >= 0.3 is 6.01 Å². The van der Waals surface area contributed by atoms with Crippen LogP contribution in [0.2, 0.25) is 19.6 Å². The van der Waals surface area contributed by atoms with Crippen molar-refractivity contribution in [3.63, 3.8) is 0 Å². The third kappa shape index (κ3) is 3.48. The van der Waals surface area contributed by atoms with Crippen LogP contribution in [0.3, 0.4) is 0 Å². The largest absolute Gasteiger partial charge is 0.518 e. The SMILES string of the molecule is C[Si](C)(C)Oc1ncc(I)cn1. The fraction of sp³-hybridized carbons (Fsp3) is 0.429. The van der Waals surface area contributed by atoms with Gasteiger partial charge in [-0.2, -0.15) is 0 Å². The van der Waals surface area contributed by atoms with Crippen molar-refractivity contribution in [2.45, 2.75) is 19.6 Å². The van der Waals surface area contributed by atoms with Crippen molar-refractivity contribution in [2.24, 2.45) is 0 Å². The molecule has 1 aromatic heterocycles. The summed E-state index contributed by atoms with van der Waals surface area (Å²) >= 11 is 2.16. The second kappa shape index (κ2) is 3.69. The summed E-state index contributed by atoms with van der Waals surface area (Å²) in [5, 5.41) is 0. The van der Waals surface area contributed by atoms with E-state index in [0.717, 1.165) is 3.57 Å². The molecule has 0 radical (unpaired) electrons. The van der Waals surface area contributed by atoms with Gasteiger partial charge in [-0.1, -0.05) is 0 Å². The summed E-state index contributed by atoms with van der Waals surface area (Å²) in [5.74, 6) is 0. The van der Waals surface area contributed by atoms with Crippen molar-refractivity contribution in [1.82, 2.24) is 9.97 Å². The van der Waals surface area contributed by atoms with Gasteiger partial charge in [-0.25, -0.2) is 9.97 Å². The Hall–Kier alpha value is -0.173. The smallest absolute Gasteiger partial charge is 0.302 e. The summed E-state index contributed by atoms with van der Waals surface area (Å²) in [4.78, 5) is 8.12. The molecule has 66 valence electrons. The quantitative estimate of drug-likeness (QED) is 0.620. The first-order chi connectivity index (χ1) is 5.47. The van der Waals surface area contributed by atoms with Crippen LogP contribution in [0.4, 0.5) is 0 Å². The third-order valence-electron chi connectivity index (χ3n) is 0.994. The molecule has 0 bridgehead atoms. The maximum atomic E-state index is 5.57. The minimum atomic E-state index is -1.54. The highest BCUT2D eigenvalue weighted by molar-refractivity contribution is 14.1. The van der Waals surface area contributed by atoms with E-state index in [1.165, 1.54) is 0 Å². The minimum absolute atomic E-state index is 0.495. The van der Waals surface area contributed by atoms with Gasteiger partial charge in [-0.05, 0) is 42.2 Å². The van der Waals surface area contributed by atoms with E-state index in [4.69, 9.17) is 4.43 Å². The fourth-order valence-corrected chi connectivity index (χ4v) is 1.56. The topological polar surface area (TPSA) is 35.0 Å². The van der Waals surface area contributed by atoms with E-state index in [9.17, 15) is 0 Å². The van der Waals surface area contributed by atoms with Gasteiger partial charge in [0, 0.05) is 16.0 Å². The predicted molar refractivity (Wildman–Crippen MR) is 58.7 cm³/mol. The molecule has 0 aliphatic rings. The normalized spacial score (nSPS) is 11.3. The average Bonchev–Trinajstić information content (AvgIpc) is 1.91. The van der Waals surface area contributed by atoms with E-state index in [0.29, 0.717) is 6.01 Å². The lowest BCUT2D eigenvalue weighted by Crippen LogP contribution is -2.30. The van der Waals surface area contributed by atoms with E-state index >= 15 is 0 Å². The number of rotatable bonds is 2. The molecular formula is C7H11IN2OSi. The van der Waals surface area contributed by atoms with Crippen molar-refractivity contribution < 1.29 is 4.43 Å². The van der Waals surface area contributed by atoms with E-state index < -0.39 is 8.32 Å². The lowest BCUT2D eigenvalue weighted by molar-refractivity contribution is 0.508. The van der Waals surface area contributed by atoms with Crippen molar-refractivity contribution in [1.29, 1.82) is 0 Å². The zero-order valence-corrected chi connectivity index (χ0v) is 10.5. The van der Waals surface area contributed by atoms with Crippen LogP contribution >= 0.6 is 22.6 Å². The summed E-state index contributed by atoms with van der Waals surface area (Å²) in [6, 6.07) is 0.495. The Bertz CT molecular complexity index is 257. The Morgan fingerprint density at radius 1 is 1.25 bits per heavy atom. The van der Waals surface area contributed by atoms with Crippen molar-refractivity contribution in [3.05, 3.63) is 16.0 Å². The molecule has 0 saturated carbocycles. The third-order valence-corrected chi connectivity index (χ3v) is 2.35. The van der Waals surface area contributed by atoms with Crippen molar-refractivity contribution >= 4 is 30.9 Å². The Kier molecular flexibility index (Phi) is 3.05. The molecule has 0 unspecified atom stereocenters. The molecule has 0 aliphatic carbocycles. The van der Waals surface area contributed by atoms with Gasteiger partial charge in [0.15, 0.2) is 0 Å². The summed E-state index contributed by atoms with van der Waals surface area (Å²) in [6.45, 7) is 6.32. The second-order valence-corrected chi connectivity index (χ2v) is 9.07. The lowest BCUT2D eigenvalue weighted by Gasteiger charge is -2.16. The molecule has 0 saturated heterocycles. The summed E-state index contributed by atoms with van der Waals surface area (Å²) in [5.41, 5.74) is 0. The molecule has 3 nitrogen and oxygen atoms in total. The Labute approximate surface area is 86.8 Å². The maximum Gasteiger partial charge on any atom is 0.302 e. The van der Waals surface area contributed by atoms with Crippen LogP contribution in [0.25, 0.3) is 0 Å². The average molecular weight is 294 g/mol. The van der Waals surface area contributed by atoms with Crippen LogP contribution < -0.4 is 4.43 Å². The molecule has 12 heavy (non-hydrogen) atoms. The van der Waals surface area contributed by atoms with Gasteiger partial charge in [-0.3, -0.25) is 0 Å². The van der Waals surface area contributed by atoms with E-state index in [2.05, 4.69) is 52.2 Å². The highest BCUT2D eigenvalue weighted by atomic mass is 127. The van der Waals surface area contributed by atoms with Crippen LogP contribution in [0.5, 0.6) is 6.01 Å². The zero-order chi connectivity index (χ0) is 9.19. The van der Waals surface area contributed by atoms with Crippen LogP contribution in [-0.4, -0.2) is 18.3 Å². The zero-order valence-electron chi connectivity index (χ0n) is 7.34. The van der Waals surface area contributed by atoms with Gasteiger partial charge in [0.25, 0.3) is 0 Å². The highest BCUT2D eigenvalue weighted by Gasteiger charge is 2.17. The number of hydrogen-bond donors (Lipinski definition) is 0. The van der Waals surface area contributed by atoms with Gasteiger partial charge in [0.05, 0.1) is 0 Å². The van der Waals surface area contributed by atoms with Gasteiger partial charge in [0.2, 0.25) is 8.32 Å². The standard InChI is InChI=1S/C7H11IN2OSi/c1-12(2,3)11-7-9-4-6(8)5-10-7/h4-5H,1-3H3. The molecule has 0 aliphatic heterocycles. The summed E-state index contributed by atoms with van der Waals surface area (Å²) in [7, 11) is -1.54.